The Kier molecular flexibility index (Phi) is 4.46. The van der Waals surface area contributed by atoms with Crippen LogP contribution >= 0.6 is 15.4 Å². The smallest absolute Gasteiger partial charge is 0.0357 e. The molecule has 4 heteroatoms. The second kappa shape index (κ2) is 6.31. The molecule has 1 aliphatic rings. The second-order valence-corrected chi connectivity index (χ2v) is 11.0. The van der Waals surface area contributed by atoms with Crippen LogP contribution in [0.25, 0.3) is 0 Å². The SMILES string of the molecule is CC1CNc2ccccc2C1[S-](=P)=Pc1ccccc1. The van der Waals surface area contributed by atoms with Crippen LogP contribution in [0.5, 0.6) is 0 Å². The fourth-order valence-electron chi connectivity index (χ4n) is 2.59. The summed E-state index contributed by atoms with van der Waals surface area (Å²) < 4.78 is 0. The normalized spacial score (nSPS) is 22.9. The number of hydrogen-bond acceptors (Lipinski definition) is 2. The third-order valence-corrected chi connectivity index (χ3v) is 8.99. The maximum absolute atomic E-state index is 4.03. The molecule has 2 aromatic rings. The van der Waals surface area contributed by atoms with Gasteiger partial charge in [-0.05, 0) is 22.9 Å². The molecule has 20 heavy (non-hydrogen) atoms. The summed E-state index contributed by atoms with van der Waals surface area (Å²) in [4.78, 5) is 0. The highest BCUT2D eigenvalue weighted by atomic mass is 32.7. The topological polar surface area (TPSA) is 12.0 Å². The monoisotopic (exact) mass is 318 g/mol. The third kappa shape index (κ3) is 2.93. The molecule has 1 aliphatic heterocycles. The number of fused-ring (bicyclic) bond motifs is 1. The summed E-state index contributed by atoms with van der Waals surface area (Å²) in [5.41, 5.74) is 2.75. The van der Waals surface area contributed by atoms with Crippen molar-refractivity contribution in [2.45, 2.75) is 12.2 Å². The molecule has 0 spiro atoms. The zero-order chi connectivity index (χ0) is 13.9. The molecule has 0 aliphatic carbocycles. The van der Waals surface area contributed by atoms with Crippen LogP contribution in [0.1, 0.15) is 17.7 Å². The molecule has 0 radical (unpaired) electrons. The molecule has 2 atom stereocenters. The first-order valence-electron chi connectivity index (χ1n) is 6.80. The van der Waals surface area contributed by atoms with E-state index in [1.54, 1.807) is 0 Å². The van der Waals surface area contributed by atoms with Crippen molar-refractivity contribution in [1.82, 2.24) is 0 Å². The van der Waals surface area contributed by atoms with Crippen LogP contribution in [0.2, 0.25) is 0 Å². The van der Waals surface area contributed by atoms with Crippen molar-refractivity contribution in [2.24, 2.45) is 5.92 Å². The van der Waals surface area contributed by atoms with Gasteiger partial charge in [0, 0.05) is 12.2 Å². The van der Waals surface area contributed by atoms with E-state index in [9.17, 15) is 0 Å². The predicted molar refractivity (Wildman–Crippen MR) is 95.5 cm³/mol. The van der Waals surface area contributed by atoms with Crippen LogP contribution in [-0.2, 0) is 9.25 Å². The van der Waals surface area contributed by atoms with Crippen molar-refractivity contribution in [3.8, 4) is 0 Å². The zero-order valence-corrected chi connectivity index (χ0v) is 14.1. The number of nitrogens with one attached hydrogen (secondary N) is 1. The zero-order valence-electron chi connectivity index (χ0n) is 11.4. The van der Waals surface area contributed by atoms with Crippen molar-refractivity contribution in [3.05, 3.63) is 60.2 Å². The van der Waals surface area contributed by atoms with Crippen LogP contribution in [0.4, 0.5) is 5.69 Å². The molecule has 0 fully saturated rings. The molecule has 0 amide bonds. The van der Waals surface area contributed by atoms with E-state index < -0.39 is 0 Å². The molecule has 2 aromatic carbocycles. The van der Waals surface area contributed by atoms with Gasteiger partial charge in [0.1, 0.15) is 0 Å². The number of anilines is 1. The average Bonchev–Trinajstić information content (AvgIpc) is 2.48. The minimum atomic E-state index is 0.139. The summed E-state index contributed by atoms with van der Waals surface area (Å²) in [5, 5.41) is 5.50. The maximum Gasteiger partial charge on any atom is 0.0357 e. The van der Waals surface area contributed by atoms with Crippen LogP contribution in [0, 0.1) is 5.92 Å². The molecule has 0 bridgehead atoms. The van der Waals surface area contributed by atoms with Gasteiger partial charge in [0.15, 0.2) is 0 Å². The molecule has 104 valence electrons. The Morgan fingerprint density at radius 3 is 2.60 bits per heavy atom. The van der Waals surface area contributed by atoms with Gasteiger partial charge in [-0.2, -0.15) is 0 Å². The lowest BCUT2D eigenvalue weighted by Crippen LogP contribution is -2.25. The van der Waals surface area contributed by atoms with Gasteiger partial charge in [-0.3, -0.25) is 8.02 Å². The van der Waals surface area contributed by atoms with E-state index in [4.69, 9.17) is 0 Å². The molecule has 0 saturated heterocycles. The molecule has 1 nitrogen and oxygen atoms in total. The molecule has 3 rings (SSSR count). The Bertz CT molecular complexity index is 678. The average molecular weight is 318 g/mol. The summed E-state index contributed by atoms with van der Waals surface area (Å²) in [7, 11) is 5.55. The second-order valence-electron chi connectivity index (χ2n) is 5.11. The van der Waals surface area contributed by atoms with Crippen LogP contribution in [0.3, 0.4) is 0 Å². The van der Waals surface area contributed by atoms with Crippen molar-refractivity contribution in [2.75, 3.05) is 11.9 Å². The van der Waals surface area contributed by atoms with Gasteiger partial charge >= 0.3 is 0 Å². The molecule has 1 N–H and O–H groups in total. The fraction of sp³-hybridized carbons (Fsp3) is 0.250. The number of para-hydroxylation sites is 1. The van der Waals surface area contributed by atoms with Crippen molar-refractivity contribution >= 4 is 35.6 Å². The Morgan fingerprint density at radius 2 is 1.80 bits per heavy atom. The Labute approximate surface area is 126 Å². The summed E-state index contributed by atoms with van der Waals surface area (Å²) in [5.74, 6) is 0.641. The Balaban J connectivity index is 2.01. The number of hydrogen-bond donors (Lipinski definition) is 1. The molecule has 0 saturated carbocycles. The first-order valence-corrected chi connectivity index (χ1v) is 10.8. The molecule has 0 aromatic heterocycles. The summed E-state index contributed by atoms with van der Waals surface area (Å²) >= 11 is 0. The van der Waals surface area contributed by atoms with E-state index in [2.05, 4.69) is 74.9 Å². The lowest BCUT2D eigenvalue weighted by Gasteiger charge is -2.38. The molecule has 1 heterocycles. The quantitative estimate of drug-likeness (QED) is 0.628. The van der Waals surface area contributed by atoms with Crippen LogP contribution < -0.4 is 10.6 Å². The van der Waals surface area contributed by atoms with Gasteiger partial charge < -0.3 is 14.6 Å². The third-order valence-electron chi connectivity index (χ3n) is 3.60. The van der Waals surface area contributed by atoms with Gasteiger partial charge in [-0.15, -0.1) is 0 Å². The lowest BCUT2D eigenvalue weighted by molar-refractivity contribution is 0.583. The van der Waals surface area contributed by atoms with Crippen molar-refractivity contribution in [1.29, 1.82) is 0 Å². The summed E-state index contributed by atoms with van der Waals surface area (Å²) in [6.45, 7) is 3.40. The van der Waals surface area contributed by atoms with E-state index in [0.29, 0.717) is 11.2 Å². The predicted octanol–water partition coefficient (Wildman–Crippen LogP) is 4.65. The van der Waals surface area contributed by atoms with Gasteiger partial charge in [0.2, 0.25) is 0 Å². The summed E-state index contributed by atoms with van der Waals surface area (Å²) in [6.07, 6.45) is 0. The highest BCUT2D eigenvalue weighted by Gasteiger charge is 2.19. The standard InChI is InChI=1S/C16H18NP2S/c1-12-11-17-15-10-6-5-9-14(15)16(12)20(18)19-13-7-3-2-4-8-13/h2-10,12,16-18H,11H2,1H3/q-1. The highest BCUT2D eigenvalue weighted by Crippen LogP contribution is 2.38. The minimum Gasteiger partial charge on any atom is -0.413 e. The van der Waals surface area contributed by atoms with Crippen molar-refractivity contribution < 1.29 is 0 Å². The first-order chi connectivity index (χ1) is 9.75. The maximum atomic E-state index is 4.03. The van der Waals surface area contributed by atoms with E-state index in [-0.39, 0.29) is 9.25 Å². The summed E-state index contributed by atoms with van der Waals surface area (Å²) in [6, 6.07) is 19.4. The lowest BCUT2D eigenvalue weighted by atomic mass is 9.95. The van der Waals surface area contributed by atoms with E-state index >= 15 is 0 Å². The van der Waals surface area contributed by atoms with E-state index in [1.807, 2.05) is 0 Å². The number of rotatable bonds is 2. The van der Waals surface area contributed by atoms with E-state index in [0.717, 1.165) is 6.54 Å². The fourth-order valence-corrected chi connectivity index (χ4v) is 8.58. The number of benzene rings is 2. The van der Waals surface area contributed by atoms with Gasteiger partial charge in [-0.25, -0.2) is 7.36 Å². The molecular weight excluding hydrogens is 300 g/mol. The van der Waals surface area contributed by atoms with Gasteiger partial charge in [-0.1, -0.05) is 60.7 Å². The van der Waals surface area contributed by atoms with Crippen LogP contribution in [0.15, 0.2) is 54.6 Å². The molecule has 2 unspecified atom stereocenters. The minimum absolute atomic E-state index is 0.139. The highest BCUT2D eigenvalue weighted by molar-refractivity contribution is 8.34. The van der Waals surface area contributed by atoms with Gasteiger partial charge in [0.25, 0.3) is 0 Å². The first kappa shape index (κ1) is 14.1. The van der Waals surface area contributed by atoms with Gasteiger partial charge in [0.05, 0.1) is 0 Å². The Morgan fingerprint density at radius 1 is 1.10 bits per heavy atom. The van der Waals surface area contributed by atoms with Crippen LogP contribution in [-0.4, -0.2) is 6.54 Å². The van der Waals surface area contributed by atoms with E-state index in [1.165, 1.54) is 23.9 Å². The largest absolute Gasteiger partial charge is 0.413 e. The van der Waals surface area contributed by atoms with Crippen molar-refractivity contribution in [3.63, 3.8) is 0 Å². The Hall–Kier alpha value is -0.810. The molecular formula is C16H18NP2S-.